The van der Waals surface area contributed by atoms with E-state index in [0.29, 0.717) is 51.5 Å². The molecule has 123 heavy (non-hydrogen) atoms. The van der Waals surface area contributed by atoms with E-state index >= 15 is 0 Å². The molecule has 8 N–H and O–H groups in total. The summed E-state index contributed by atoms with van der Waals surface area (Å²) in [5, 5.41) is 16.1. The highest BCUT2D eigenvalue weighted by molar-refractivity contribution is 6.04. The van der Waals surface area contributed by atoms with Crippen molar-refractivity contribution in [2.24, 2.45) is 0 Å². The van der Waals surface area contributed by atoms with Crippen LogP contribution in [0.25, 0.3) is 33.4 Å². The van der Waals surface area contributed by atoms with E-state index in [4.69, 9.17) is 24.4 Å². The van der Waals surface area contributed by atoms with Gasteiger partial charge < -0.3 is 80.4 Å². The molecule has 6 aromatic heterocycles. The monoisotopic (exact) mass is 1670 g/mol. The van der Waals surface area contributed by atoms with Gasteiger partial charge in [-0.25, -0.2) is 15.0 Å². The molecule has 14 rings (SSSR count). The fraction of sp³-hybridized carbons (Fsp3) is 0.443. The number of aryl methyl sites for hydroxylation is 6. The van der Waals surface area contributed by atoms with Crippen molar-refractivity contribution in [1.82, 2.24) is 55.2 Å². The fourth-order valence-corrected chi connectivity index (χ4v) is 16.6. The first kappa shape index (κ1) is 90.8. The quantitative estimate of drug-likeness (QED) is 0.0167. The zero-order chi connectivity index (χ0) is 87.2. The number of likely N-dealkylation sites (N-methyl/N-ethyl adjacent to an activating group) is 3. The van der Waals surface area contributed by atoms with Crippen molar-refractivity contribution in [1.29, 1.82) is 0 Å². The number of rotatable bonds is 28. The number of aromatic amines is 3. The van der Waals surface area contributed by atoms with Crippen LogP contribution in [0.15, 0.2) is 143 Å². The Morgan fingerprint density at radius 1 is 0.447 bits per heavy atom. The van der Waals surface area contributed by atoms with Gasteiger partial charge in [0.05, 0.1) is 0 Å². The fourth-order valence-electron chi connectivity index (χ4n) is 16.6. The number of hydrogen-bond acceptors (Lipinski definition) is 20. The Hall–Kier alpha value is -11.4. The molecule has 0 unspecified atom stereocenters. The van der Waals surface area contributed by atoms with Crippen molar-refractivity contribution < 1.29 is 28.7 Å². The van der Waals surface area contributed by atoms with Gasteiger partial charge in [0.2, 0.25) is 5.91 Å². The highest BCUT2D eigenvalue weighted by Crippen LogP contribution is 2.35. The number of nitrogens with zero attached hydrogens (tertiary/aromatic N) is 9. The normalized spacial score (nSPS) is 15.6. The number of piperazine rings is 3. The first-order valence-corrected chi connectivity index (χ1v) is 43.9. The van der Waals surface area contributed by atoms with Crippen molar-refractivity contribution in [3.8, 4) is 33.4 Å². The molecule has 26 heteroatoms. The largest absolute Gasteiger partial charge is 0.382 e. The lowest BCUT2D eigenvalue weighted by molar-refractivity contribution is -0.111. The summed E-state index contributed by atoms with van der Waals surface area (Å²) in [6.45, 7) is 34.2. The van der Waals surface area contributed by atoms with Gasteiger partial charge in [0.1, 0.15) is 17.5 Å². The second kappa shape index (κ2) is 43.6. The van der Waals surface area contributed by atoms with Gasteiger partial charge in [0.25, 0.3) is 28.5 Å². The number of H-pyrrole nitrogens is 3. The van der Waals surface area contributed by atoms with E-state index in [-0.39, 0.29) is 65.7 Å². The van der Waals surface area contributed by atoms with Crippen LogP contribution < -0.4 is 58.0 Å². The maximum absolute atomic E-state index is 13.8. The zero-order valence-electron chi connectivity index (χ0n) is 73.8. The lowest BCUT2D eigenvalue weighted by Crippen LogP contribution is -2.44. The smallest absolute Gasteiger partial charge is 0.253 e. The van der Waals surface area contributed by atoms with Crippen molar-refractivity contribution >= 4 is 58.0 Å². The number of hydrogen-bond donors (Lipinski definition) is 8. The highest BCUT2D eigenvalue weighted by atomic mass is 16.5. The Morgan fingerprint density at radius 2 is 0.837 bits per heavy atom. The molecular formula is C97H125N17O9. The van der Waals surface area contributed by atoms with Crippen molar-refractivity contribution in [2.45, 2.75) is 158 Å². The topological polar surface area (TPSA) is 304 Å². The van der Waals surface area contributed by atoms with E-state index in [9.17, 15) is 33.6 Å². The van der Waals surface area contributed by atoms with E-state index in [1.54, 1.807) is 19.2 Å². The third-order valence-corrected chi connectivity index (χ3v) is 24.0. The van der Waals surface area contributed by atoms with Crippen LogP contribution in [0.3, 0.4) is 0 Å². The van der Waals surface area contributed by atoms with Gasteiger partial charge >= 0.3 is 0 Å². The summed E-state index contributed by atoms with van der Waals surface area (Å²) in [6.07, 6.45) is 16.4. The first-order valence-electron chi connectivity index (χ1n) is 43.9. The first-order chi connectivity index (χ1) is 59.4. The lowest BCUT2D eigenvalue weighted by atomic mass is 9.92. The van der Waals surface area contributed by atoms with Gasteiger partial charge in [0, 0.05) is 239 Å². The number of carbonyl (C=O) groups is 4. The second-order valence-electron chi connectivity index (χ2n) is 33.4. The molecule has 5 aliphatic heterocycles. The van der Waals surface area contributed by atoms with Crippen molar-refractivity contribution in [2.75, 3.05) is 157 Å². The molecule has 3 amide bonds. The van der Waals surface area contributed by atoms with Crippen LogP contribution in [0.4, 0.5) is 34.5 Å². The van der Waals surface area contributed by atoms with Gasteiger partial charge in [-0.3, -0.25) is 33.6 Å². The summed E-state index contributed by atoms with van der Waals surface area (Å²) in [7, 11) is 6.41. The number of Topliss-reactive ketones (excluding diaryl/α,β-unsaturated/α-hetero) is 1. The molecule has 9 aromatic rings. The van der Waals surface area contributed by atoms with Crippen LogP contribution in [0.2, 0.25) is 0 Å². The highest BCUT2D eigenvalue weighted by Gasteiger charge is 2.26. The number of amides is 3. The molecule has 5 saturated heterocycles. The van der Waals surface area contributed by atoms with Crippen molar-refractivity contribution in [3.05, 3.63) is 238 Å². The maximum atomic E-state index is 13.8. The van der Waals surface area contributed by atoms with E-state index in [2.05, 4.69) is 156 Å². The Bertz CT molecular complexity index is 5320. The predicted molar refractivity (Wildman–Crippen MR) is 494 cm³/mol. The molecule has 0 bridgehead atoms. The summed E-state index contributed by atoms with van der Waals surface area (Å²) in [5.41, 5.74) is 17.9. The van der Waals surface area contributed by atoms with Gasteiger partial charge in [-0.05, 0) is 255 Å². The summed E-state index contributed by atoms with van der Waals surface area (Å²) < 4.78 is 11.1. The average Bonchev–Trinajstić information content (AvgIpc) is 0.794. The summed E-state index contributed by atoms with van der Waals surface area (Å²) >= 11 is 0. The number of ketones is 1. The number of nitrogens with one attached hydrogen (secondary N) is 8. The molecule has 5 aliphatic rings. The molecule has 0 radical (unpaired) electrons. The van der Waals surface area contributed by atoms with Gasteiger partial charge in [-0.2, -0.15) is 0 Å². The Labute approximate surface area is 723 Å². The Morgan fingerprint density at radius 3 is 1.26 bits per heavy atom. The molecule has 11 heterocycles. The molecule has 3 aromatic carbocycles. The molecular weight excluding hydrogens is 1550 g/mol. The predicted octanol–water partition coefficient (Wildman–Crippen LogP) is 12.9. The van der Waals surface area contributed by atoms with Gasteiger partial charge in [-0.15, -0.1) is 0 Å². The molecule has 5 fully saturated rings. The summed E-state index contributed by atoms with van der Waals surface area (Å²) in [5.74, 6) is 2.00. The molecule has 652 valence electrons. The number of anilines is 6. The van der Waals surface area contributed by atoms with E-state index in [1.807, 2.05) is 94.7 Å². The third kappa shape index (κ3) is 24.5. The second-order valence-corrected chi connectivity index (χ2v) is 33.4. The number of ether oxygens (including phenoxy) is 2. The Balaban J connectivity index is 0.000000169. The zero-order valence-corrected chi connectivity index (χ0v) is 73.8. The average molecular weight is 1670 g/mol. The van der Waals surface area contributed by atoms with E-state index in [0.717, 1.165) is 276 Å². The number of benzene rings is 3. The third-order valence-electron chi connectivity index (χ3n) is 24.0. The molecule has 0 aliphatic carbocycles. The van der Waals surface area contributed by atoms with Gasteiger partial charge in [0.15, 0.2) is 5.78 Å². The molecule has 26 nitrogen and oxygen atoms in total. The minimum Gasteiger partial charge on any atom is -0.382 e. The van der Waals surface area contributed by atoms with Crippen molar-refractivity contribution in [3.63, 3.8) is 0 Å². The van der Waals surface area contributed by atoms with Crippen LogP contribution in [-0.4, -0.2) is 206 Å². The SMILES string of the molecule is C=CC(=O)Nc1cc(-c2ccc(N3CCN(C)CC3)nc2)cc(C(=O)NCc2c(CCC)cc(C)[nH]c2=O)c1C.CCCc1cc(C)[nH]c(=O)c1CCC(=O)c1cc(-c2ccc(N3CCN(C)CC3)nc2)cc(NC2CCOCC2)c1C.CCCc1cc(C)[nH]c(=O)c1CNC(=O)c1cc(NC2CCOCC2)cc(-c2ccc(N3CCN(C)CC3)nc2)c1. The van der Waals surface area contributed by atoms with Crippen LogP contribution in [0.1, 0.15) is 165 Å². The lowest BCUT2D eigenvalue weighted by Gasteiger charge is -2.33. The summed E-state index contributed by atoms with van der Waals surface area (Å²) in [4.78, 5) is 128. The van der Waals surface area contributed by atoms with Crippen LogP contribution in [-0.2, 0) is 53.0 Å². The number of aromatic nitrogens is 6. The van der Waals surface area contributed by atoms with E-state index in [1.165, 1.54) is 6.08 Å². The molecule has 0 atom stereocenters. The van der Waals surface area contributed by atoms with Crippen LogP contribution in [0, 0.1) is 34.6 Å². The van der Waals surface area contributed by atoms with Crippen LogP contribution >= 0.6 is 0 Å². The maximum Gasteiger partial charge on any atom is 0.253 e. The Kier molecular flexibility index (Phi) is 32.2. The summed E-state index contributed by atoms with van der Waals surface area (Å²) in [6, 6.07) is 32.6. The standard InChI is InChI=1S/C34H45N5O3.C32H42N6O3.C31H38N6O3/c1-5-6-25-19-23(2)36-34(41)29(25)8-9-32(40)30-20-27(21-31(24(30)3)37-28-11-17-42-18-12-28)26-7-10-33(35-22-26)39-15-13-38(4)14-16-39;1-4-5-23-16-22(2)35-32(40)29(23)21-34-31(39)26-17-25(18-28(19-26)36-27-8-14-41-15-9-27)24-6-7-30(33-20-24)38-12-10-37(3)11-13-38;1-6-8-22-15-20(3)34-31(40)26(22)19-33-30(39)25-16-24(17-27(21(25)4)35-29(38)7-2)23-9-10-28(32-18-23)37-13-11-36(5)12-14-37/h7,10,19-22,28,37H,5-6,8-9,11-18H2,1-4H3,(H,36,41);6-7,16-20,27,36H,4-5,8-15,21H2,1-3H3,(H,34,39)(H,35,40);7,9-10,15-18H,2,6,8,11-14,19H2,1,3-5H3,(H,33,39)(H,34,40)(H,35,38). The molecule has 0 spiro atoms. The van der Waals surface area contributed by atoms with Gasteiger partial charge in [-0.1, -0.05) is 46.6 Å². The molecule has 0 saturated carbocycles. The van der Waals surface area contributed by atoms with Crippen LogP contribution in [0.5, 0.6) is 0 Å². The number of carbonyl (C=O) groups excluding carboxylic acids is 4. The number of pyridine rings is 6. The minimum atomic E-state index is -0.370. The van der Waals surface area contributed by atoms with E-state index < -0.39 is 0 Å². The minimum absolute atomic E-state index is 0.0498.